The number of aryl methyl sites for hydroxylation is 2. The molecule has 1 aromatic carbocycles. The predicted molar refractivity (Wildman–Crippen MR) is 66.0 cm³/mol. The Kier molecular flexibility index (Phi) is 3.60. The average molecular weight is 229 g/mol. The molecule has 17 heavy (non-hydrogen) atoms. The molecular weight excluding hydrogens is 214 g/mol. The van der Waals surface area contributed by atoms with Crippen molar-refractivity contribution >= 4 is 5.97 Å². The molecule has 0 unspecified atom stereocenters. The molecule has 0 amide bonds. The third-order valence-corrected chi connectivity index (χ3v) is 2.69. The van der Waals surface area contributed by atoms with Crippen LogP contribution in [0.25, 0.3) is 0 Å². The van der Waals surface area contributed by atoms with E-state index in [9.17, 15) is 4.79 Å². The van der Waals surface area contributed by atoms with E-state index in [0.717, 1.165) is 18.4 Å². The number of rotatable bonds is 4. The molecule has 0 bridgehead atoms. The maximum absolute atomic E-state index is 11.2. The summed E-state index contributed by atoms with van der Waals surface area (Å²) in [6, 6.07) is 12.1. The van der Waals surface area contributed by atoms with E-state index < -0.39 is 0 Å². The Bertz CT molecular complexity index is 488. The first-order chi connectivity index (χ1) is 8.29. The Morgan fingerprint density at radius 3 is 2.59 bits per heavy atom. The molecule has 1 N–H and O–H groups in total. The molecule has 0 fully saturated rings. The van der Waals surface area contributed by atoms with E-state index in [4.69, 9.17) is 0 Å². The molecule has 0 aliphatic heterocycles. The Balaban J connectivity index is 1.96. The van der Waals surface area contributed by atoms with Crippen LogP contribution in [0.1, 0.15) is 21.6 Å². The third kappa shape index (κ3) is 2.97. The molecule has 0 aliphatic carbocycles. The van der Waals surface area contributed by atoms with Crippen molar-refractivity contribution in [3.8, 4) is 0 Å². The molecule has 1 heterocycles. The number of aromatic amines is 1. The first-order valence-corrected chi connectivity index (χ1v) is 5.59. The van der Waals surface area contributed by atoms with Gasteiger partial charge in [-0.25, -0.2) is 4.79 Å². The highest BCUT2D eigenvalue weighted by molar-refractivity contribution is 5.87. The van der Waals surface area contributed by atoms with Crippen LogP contribution in [0.3, 0.4) is 0 Å². The van der Waals surface area contributed by atoms with Crippen molar-refractivity contribution in [1.29, 1.82) is 0 Å². The first kappa shape index (κ1) is 11.5. The van der Waals surface area contributed by atoms with Crippen molar-refractivity contribution < 1.29 is 9.53 Å². The maximum Gasteiger partial charge on any atom is 0.354 e. The van der Waals surface area contributed by atoms with Crippen LogP contribution in [-0.2, 0) is 17.6 Å². The highest BCUT2D eigenvalue weighted by Crippen LogP contribution is 2.09. The molecule has 0 saturated heterocycles. The van der Waals surface area contributed by atoms with Crippen molar-refractivity contribution in [2.45, 2.75) is 12.8 Å². The fourth-order valence-corrected chi connectivity index (χ4v) is 1.74. The molecule has 2 rings (SSSR count). The van der Waals surface area contributed by atoms with Gasteiger partial charge in [0.05, 0.1) is 7.11 Å². The van der Waals surface area contributed by atoms with E-state index in [0.29, 0.717) is 5.69 Å². The summed E-state index contributed by atoms with van der Waals surface area (Å²) in [5.74, 6) is -0.323. The minimum absolute atomic E-state index is 0.323. The molecule has 0 spiro atoms. The smallest absolute Gasteiger partial charge is 0.354 e. The molecule has 0 saturated carbocycles. The fourth-order valence-electron chi connectivity index (χ4n) is 1.74. The Morgan fingerprint density at radius 2 is 1.88 bits per heavy atom. The maximum atomic E-state index is 11.2. The number of hydrogen-bond donors (Lipinski definition) is 1. The number of hydrogen-bond acceptors (Lipinski definition) is 2. The summed E-state index contributed by atoms with van der Waals surface area (Å²) in [5, 5.41) is 0. The van der Waals surface area contributed by atoms with E-state index in [2.05, 4.69) is 21.9 Å². The van der Waals surface area contributed by atoms with Crippen LogP contribution in [-0.4, -0.2) is 18.1 Å². The van der Waals surface area contributed by atoms with Crippen LogP contribution >= 0.6 is 0 Å². The minimum Gasteiger partial charge on any atom is -0.464 e. The molecule has 0 aliphatic rings. The second-order valence-electron chi connectivity index (χ2n) is 3.90. The predicted octanol–water partition coefficient (Wildman–Crippen LogP) is 2.59. The summed E-state index contributed by atoms with van der Waals surface area (Å²) in [6.45, 7) is 0. The molecule has 1 aromatic heterocycles. The van der Waals surface area contributed by atoms with Crippen LogP contribution in [0.4, 0.5) is 0 Å². The number of nitrogens with one attached hydrogen (secondary N) is 1. The largest absolute Gasteiger partial charge is 0.464 e. The summed E-state index contributed by atoms with van der Waals surface area (Å²) < 4.78 is 4.64. The number of H-pyrrole nitrogens is 1. The second-order valence-corrected chi connectivity index (χ2v) is 3.90. The number of ether oxygens (including phenoxy) is 1. The zero-order valence-corrected chi connectivity index (χ0v) is 9.77. The monoisotopic (exact) mass is 229 g/mol. The fraction of sp³-hybridized carbons (Fsp3) is 0.214. The van der Waals surface area contributed by atoms with Crippen molar-refractivity contribution in [3.05, 3.63) is 59.4 Å². The average Bonchev–Trinajstić information content (AvgIpc) is 2.85. The first-order valence-electron chi connectivity index (χ1n) is 5.59. The van der Waals surface area contributed by atoms with Gasteiger partial charge < -0.3 is 9.72 Å². The number of aromatic nitrogens is 1. The van der Waals surface area contributed by atoms with E-state index in [1.807, 2.05) is 30.5 Å². The van der Waals surface area contributed by atoms with E-state index in [1.54, 1.807) is 0 Å². The van der Waals surface area contributed by atoms with Crippen LogP contribution in [0.5, 0.6) is 0 Å². The van der Waals surface area contributed by atoms with Crippen molar-refractivity contribution in [2.24, 2.45) is 0 Å². The summed E-state index contributed by atoms with van der Waals surface area (Å²) in [4.78, 5) is 14.2. The molecular formula is C14H15NO2. The molecule has 0 radical (unpaired) electrons. The van der Waals surface area contributed by atoms with Gasteiger partial charge >= 0.3 is 5.97 Å². The van der Waals surface area contributed by atoms with Crippen LogP contribution in [0, 0.1) is 0 Å². The minimum atomic E-state index is -0.323. The molecule has 3 heteroatoms. The zero-order valence-electron chi connectivity index (χ0n) is 9.77. The topological polar surface area (TPSA) is 42.1 Å². The summed E-state index contributed by atoms with van der Waals surface area (Å²) in [6.07, 6.45) is 3.74. The summed E-state index contributed by atoms with van der Waals surface area (Å²) in [7, 11) is 1.38. The zero-order chi connectivity index (χ0) is 12.1. The lowest BCUT2D eigenvalue weighted by molar-refractivity contribution is 0.0595. The normalized spacial score (nSPS) is 10.2. The number of carbonyl (C=O) groups is 1. The van der Waals surface area contributed by atoms with E-state index in [-0.39, 0.29) is 5.97 Å². The van der Waals surface area contributed by atoms with Crippen molar-refractivity contribution in [2.75, 3.05) is 7.11 Å². The highest BCUT2D eigenvalue weighted by Gasteiger charge is 2.07. The van der Waals surface area contributed by atoms with Crippen LogP contribution < -0.4 is 0 Å². The van der Waals surface area contributed by atoms with Crippen LogP contribution in [0.15, 0.2) is 42.6 Å². The number of benzene rings is 1. The molecule has 2 aromatic rings. The quantitative estimate of drug-likeness (QED) is 0.819. The van der Waals surface area contributed by atoms with E-state index in [1.165, 1.54) is 12.7 Å². The lowest BCUT2D eigenvalue weighted by atomic mass is 10.1. The van der Waals surface area contributed by atoms with Gasteiger partial charge in [-0.1, -0.05) is 30.3 Å². The third-order valence-electron chi connectivity index (χ3n) is 2.69. The van der Waals surface area contributed by atoms with Gasteiger partial charge in [-0.3, -0.25) is 0 Å². The summed E-state index contributed by atoms with van der Waals surface area (Å²) in [5.41, 5.74) is 2.93. The molecule has 0 atom stereocenters. The van der Waals surface area contributed by atoms with Crippen molar-refractivity contribution in [1.82, 2.24) is 4.98 Å². The highest BCUT2D eigenvalue weighted by atomic mass is 16.5. The van der Waals surface area contributed by atoms with Crippen LogP contribution in [0.2, 0.25) is 0 Å². The van der Waals surface area contributed by atoms with Gasteiger partial charge in [-0.15, -0.1) is 0 Å². The lowest BCUT2D eigenvalue weighted by Crippen LogP contribution is -2.00. The SMILES string of the molecule is COC(=O)c1cc(CCc2ccccc2)c[nH]1. The van der Waals surface area contributed by atoms with Gasteiger partial charge in [0.25, 0.3) is 0 Å². The summed E-state index contributed by atoms with van der Waals surface area (Å²) >= 11 is 0. The van der Waals surface area contributed by atoms with Gasteiger partial charge in [-0.2, -0.15) is 0 Å². The second kappa shape index (κ2) is 5.34. The van der Waals surface area contributed by atoms with Gasteiger partial charge in [0.2, 0.25) is 0 Å². The Labute approximate surface area is 100 Å². The molecule has 3 nitrogen and oxygen atoms in total. The van der Waals surface area contributed by atoms with Crippen molar-refractivity contribution in [3.63, 3.8) is 0 Å². The standard InChI is InChI=1S/C14H15NO2/c1-17-14(16)13-9-12(10-15-13)8-7-11-5-3-2-4-6-11/h2-6,9-10,15H,7-8H2,1H3. The van der Waals surface area contributed by atoms with Gasteiger partial charge in [0.1, 0.15) is 5.69 Å². The molecule has 88 valence electrons. The van der Waals surface area contributed by atoms with Gasteiger partial charge in [-0.05, 0) is 30.0 Å². The number of esters is 1. The van der Waals surface area contributed by atoms with E-state index >= 15 is 0 Å². The Hall–Kier alpha value is -2.03. The number of methoxy groups -OCH3 is 1. The van der Waals surface area contributed by atoms with Gasteiger partial charge in [0, 0.05) is 6.20 Å². The van der Waals surface area contributed by atoms with Gasteiger partial charge in [0.15, 0.2) is 0 Å². The Morgan fingerprint density at radius 1 is 1.18 bits per heavy atom. The number of carbonyl (C=O) groups excluding carboxylic acids is 1. The lowest BCUT2D eigenvalue weighted by Gasteiger charge is -1.98.